The lowest BCUT2D eigenvalue weighted by atomic mass is 10.0. The zero-order valence-corrected chi connectivity index (χ0v) is 14.1. The summed E-state index contributed by atoms with van der Waals surface area (Å²) in [6.07, 6.45) is 0. The lowest BCUT2D eigenvalue weighted by Gasteiger charge is -2.32. The molecule has 20 heavy (non-hydrogen) atoms. The fraction of sp³-hybridized carbons (Fsp3) is 0.867. The van der Waals surface area contributed by atoms with E-state index < -0.39 is 10.8 Å². The number of amides is 2. The van der Waals surface area contributed by atoms with Crippen LogP contribution < -0.4 is 10.6 Å². The van der Waals surface area contributed by atoms with E-state index in [2.05, 4.69) is 38.3 Å². The Kier molecular flexibility index (Phi) is 3.64. The van der Waals surface area contributed by atoms with Crippen LogP contribution in [0.1, 0.15) is 41.5 Å². The van der Waals surface area contributed by atoms with Crippen LogP contribution in [0.15, 0.2) is 0 Å². The highest BCUT2D eigenvalue weighted by Crippen LogP contribution is 2.67. The summed E-state index contributed by atoms with van der Waals surface area (Å²) in [7, 11) is 0. The van der Waals surface area contributed by atoms with Crippen molar-refractivity contribution in [3.05, 3.63) is 0 Å². The molecule has 1 atom stereocenters. The average Bonchev–Trinajstić information content (AvgIpc) is 2.70. The van der Waals surface area contributed by atoms with Crippen LogP contribution in [0, 0.1) is 16.7 Å². The maximum absolute atomic E-state index is 12.2. The molecule has 0 aromatic rings. The molecule has 2 aliphatic rings. The van der Waals surface area contributed by atoms with E-state index in [4.69, 9.17) is 0 Å². The van der Waals surface area contributed by atoms with Crippen LogP contribution in [0.3, 0.4) is 0 Å². The molecule has 1 aliphatic carbocycles. The lowest BCUT2D eigenvalue weighted by Crippen LogP contribution is -2.57. The molecular weight excluding hydrogens is 272 g/mol. The van der Waals surface area contributed by atoms with Gasteiger partial charge in [0.2, 0.25) is 11.8 Å². The van der Waals surface area contributed by atoms with Crippen LogP contribution in [-0.4, -0.2) is 34.9 Å². The van der Waals surface area contributed by atoms with Gasteiger partial charge in [-0.15, -0.1) is 11.8 Å². The van der Waals surface area contributed by atoms with Gasteiger partial charge in [0, 0.05) is 12.3 Å². The molecule has 4 nitrogen and oxygen atoms in total. The molecule has 1 saturated heterocycles. The van der Waals surface area contributed by atoms with Crippen molar-refractivity contribution in [3.8, 4) is 0 Å². The van der Waals surface area contributed by atoms with E-state index in [1.165, 1.54) is 0 Å². The summed E-state index contributed by atoms with van der Waals surface area (Å²) in [4.78, 5) is 24.0. The number of carbonyl (C=O) groups excluding carboxylic acids is 2. The van der Waals surface area contributed by atoms with Gasteiger partial charge in [-0.3, -0.25) is 9.59 Å². The quantitative estimate of drug-likeness (QED) is 0.835. The smallest absolute Gasteiger partial charge is 0.243 e. The first kappa shape index (κ1) is 15.7. The number of hydrogen-bond donors (Lipinski definition) is 2. The van der Waals surface area contributed by atoms with Crippen molar-refractivity contribution < 1.29 is 9.59 Å². The van der Waals surface area contributed by atoms with Gasteiger partial charge < -0.3 is 10.6 Å². The topological polar surface area (TPSA) is 58.2 Å². The molecule has 1 unspecified atom stereocenters. The summed E-state index contributed by atoms with van der Waals surface area (Å²) in [5.41, 5.74) is 0.541. The molecule has 2 fully saturated rings. The van der Waals surface area contributed by atoms with Crippen molar-refractivity contribution in [1.29, 1.82) is 0 Å². The van der Waals surface area contributed by atoms with Crippen molar-refractivity contribution in [2.45, 2.75) is 52.3 Å². The van der Waals surface area contributed by atoms with E-state index >= 15 is 0 Å². The molecule has 0 aromatic carbocycles. The fourth-order valence-electron chi connectivity index (χ4n) is 3.04. The molecular formula is C15H26N2O2S. The second kappa shape index (κ2) is 4.65. The first-order valence-electron chi connectivity index (χ1n) is 7.23. The molecule has 0 spiro atoms. The van der Waals surface area contributed by atoms with Gasteiger partial charge in [-0.2, -0.15) is 0 Å². The van der Waals surface area contributed by atoms with Gasteiger partial charge in [0.25, 0.3) is 0 Å². The van der Waals surface area contributed by atoms with Crippen molar-refractivity contribution in [1.82, 2.24) is 10.6 Å². The number of thioether (sulfide) groups is 1. The molecule has 5 heteroatoms. The van der Waals surface area contributed by atoms with Gasteiger partial charge in [-0.25, -0.2) is 0 Å². The molecule has 1 aliphatic heterocycles. The first-order chi connectivity index (χ1) is 9.00. The van der Waals surface area contributed by atoms with Gasteiger partial charge in [0.1, 0.15) is 6.04 Å². The summed E-state index contributed by atoms with van der Waals surface area (Å²) in [6, 6.07) is -0.398. The Bertz CT molecular complexity index is 429. The second-order valence-electron chi connectivity index (χ2n) is 7.59. The Hall–Kier alpha value is -0.710. The Morgan fingerprint density at radius 2 is 1.80 bits per heavy atom. The average molecular weight is 298 g/mol. The predicted molar refractivity (Wildman–Crippen MR) is 82.5 cm³/mol. The Labute approximate surface area is 125 Å². The Morgan fingerprint density at radius 1 is 1.25 bits per heavy atom. The minimum Gasteiger partial charge on any atom is -0.354 e. The van der Waals surface area contributed by atoms with Gasteiger partial charge in [0.05, 0.1) is 4.75 Å². The monoisotopic (exact) mass is 298 g/mol. The first-order valence-corrected chi connectivity index (χ1v) is 8.21. The van der Waals surface area contributed by atoms with Crippen LogP contribution in [0.2, 0.25) is 0 Å². The maximum Gasteiger partial charge on any atom is 0.243 e. The third-order valence-electron chi connectivity index (χ3n) is 5.58. The van der Waals surface area contributed by atoms with Crippen LogP contribution in [0.4, 0.5) is 0 Å². The predicted octanol–water partition coefficient (Wildman–Crippen LogP) is 1.79. The van der Waals surface area contributed by atoms with Crippen molar-refractivity contribution >= 4 is 23.6 Å². The Morgan fingerprint density at radius 3 is 2.25 bits per heavy atom. The van der Waals surface area contributed by atoms with Crippen molar-refractivity contribution in [2.24, 2.45) is 16.7 Å². The minimum atomic E-state index is -0.433. The summed E-state index contributed by atoms with van der Waals surface area (Å²) < 4.78 is -0.433. The van der Waals surface area contributed by atoms with E-state index in [0.717, 1.165) is 0 Å². The van der Waals surface area contributed by atoms with Gasteiger partial charge in [-0.05, 0) is 30.6 Å². The summed E-state index contributed by atoms with van der Waals surface area (Å²) in [5, 5.41) is 5.83. The van der Waals surface area contributed by atoms with Crippen LogP contribution in [0.25, 0.3) is 0 Å². The number of carbonyl (C=O) groups is 2. The molecule has 2 N–H and O–H groups in total. The van der Waals surface area contributed by atoms with E-state index in [1.807, 2.05) is 13.8 Å². The normalized spacial score (nSPS) is 30.5. The van der Waals surface area contributed by atoms with Crippen LogP contribution in [0.5, 0.6) is 0 Å². The standard InChI is InChI=1S/C15H26N2O2S/c1-13(2)10(14(13,3)4)7-16-11(18)9-8-20-15(5,6)12(19)17-9/h9-10H,7-8H2,1-6H3,(H,16,18)(H,17,19). The number of rotatable bonds is 3. The molecule has 2 rings (SSSR count). The van der Waals surface area contributed by atoms with Gasteiger partial charge >= 0.3 is 0 Å². The van der Waals surface area contributed by atoms with Crippen LogP contribution in [-0.2, 0) is 9.59 Å². The molecule has 114 valence electrons. The third-order valence-corrected chi connectivity index (χ3v) is 6.99. The maximum atomic E-state index is 12.2. The Balaban J connectivity index is 1.84. The largest absolute Gasteiger partial charge is 0.354 e. The molecule has 0 radical (unpaired) electrons. The molecule has 1 heterocycles. The SMILES string of the molecule is CC1(C)SCC(C(=O)NCC2C(C)(C)C2(C)C)NC1=O. The lowest BCUT2D eigenvalue weighted by molar-refractivity contribution is -0.129. The van der Waals surface area contributed by atoms with E-state index in [0.29, 0.717) is 18.2 Å². The van der Waals surface area contributed by atoms with Crippen LogP contribution >= 0.6 is 11.8 Å². The fourth-order valence-corrected chi connectivity index (χ4v) is 4.05. The number of hydrogen-bond acceptors (Lipinski definition) is 3. The summed E-state index contributed by atoms with van der Waals surface area (Å²) >= 11 is 1.54. The third kappa shape index (κ3) is 2.45. The van der Waals surface area contributed by atoms with Crippen molar-refractivity contribution in [2.75, 3.05) is 12.3 Å². The highest BCUT2D eigenvalue weighted by Gasteiger charge is 2.64. The van der Waals surface area contributed by atoms with Gasteiger partial charge in [-0.1, -0.05) is 27.7 Å². The van der Waals surface area contributed by atoms with E-state index in [1.54, 1.807) is 11.8 Å². The zero-order chi connectivity index (χ0) is 15.3. The highest BCUT2D eigenvalue weighted by molar-refractivity contribution is 8.01. The highest BCUT2D eigenvalue weighted by atomic mass is 32.2. The summed E-state index contributed by atoms with van der Waals surface area (Å²) in [6.45, 7) is 13.4. The second-order valence-corrected chi connectivity index (χ2v) is 9.23. The molecule has 0 aromatic heterocycles. The molecule has 1 saturated carbocycles. The van der Waals surface area contributed by atoms with E-state index in [-0.39, 0.29) is 22.6 Å². The van der Waals surface area contributed by atoms with Gasteiger partial charge in [0.15, 0.2) is 0 Å². The molecule has 2 amide bonds. The van der Waals surface area contributed by atoms with E-state index in [9.17, 15) is 9.59 Å². The summed E-state index contributed by atoms with van der Waals surface area (Å²) in [5.74, 6) is 1.03. The number of nitrogens with one attached hydrogen (secondary N) is 2. The zero-order valence-electron chi connectivity index (χ0n) is 13.3. The minimum absolute atomic E-state index is 0.0546. The molecule has 0 bridgehead atoms. The van der Waals surface area contributed by atoms with Crippen molar-refractivity contribution in [3.63, 3.8) is 0 Å².